The summed E-state index contributed by atoms with van der Waals surface area (Å²) >= 11 is 0. The minimum Gasteiger partial charge on any atom is -0.481 e. The van der Waals surface area contributed by atoms with E-state index in [4.69, 9.17) is 5.11 Å². The summed E-state index contributed by atoms with van der Waals surface area (Å²) < 4.78 is 0. The van der Waals surface area contributed by atoms with E-state index in [2.05, 4.69) is 9.97 Å². The summed E-state index contributed by atoms with van der Waals surface area (Å²) in [7, 11) is 0. The van der Waals surface area contributed by atoms with Crippen molar-refractivity contribution < 1.29 is 9.90 Å². The molecule has 0 aliphatic carbocycles. The molecular formula is C15H15N3O2. The lowest BCUT2D eigenvalue weighted by Crippen LogP contribution is -2.23. The molecule has 20 heavy (non-hydrogen) atoms. The first kappa shape index (κ1) is 12.6. The van der Waals surface area contributed by atoms with Crippen LogP contribution >= 0.6 is 0 Å². The van der Waals surface area contributed by atoms with Gasteiger partial charge in [0.05, 0.1) is 5.92 Å². The number of hydrogen-bond acceptors (Lipinski definition) is 4. The zero-order chi connectivity index (χ0) is 13.9. The third kappa shape index (κ3) is 2.47. The molecule has 0 spiro atoms. The summed E-state index contributed by atoms with van der Waals surface area (Å²) in [5, 5.41) is 9.05. The maximum absolute atomic E-state index is 11.0. The second kappa shape index (κ2) is 5.28. The largest absolute Gasteiger partial charge is 0.481 e. The molecule has 1 fully saturated rings. The Hall–Kier alpha value is -2.43. The van der Waals surface area contributed by atoms with Crippen LogP contribution in [0.25, 0.3) is 11.4 Å². The second-order valence-electron chi connectivity index (χ2n) is 4.87. The molecule has 2 heterocycles. The molecular weight excluding hydrogens is 254 g/mol. The van der Waals surface area contributed by atoms with Gasteiger partial charge in [-0.05, 0) is 12.5 Å². The number of aliphatic carboxylic acids is 1. The summed E-state index contributed by atoms with van der Waals surface area (Å²) in [5.41, 5.74) is 0.961. The Morgan fingerprint density at radius 3 is 2.75 bits per heavy atom. The highest BCUT2D eigenvalue weighted by Gasteiger charge is 2.28. The number of hydrogen-bond donors (Lipinski definition) is 1. The van der Waals surface area contributed by atoms with Crippen LogP contribution < -0.4 is 4.90 Å². The first-order valence-electron chi connectivity index (χ1n) is 6.60. The average Bonchev–Trinajstić information content (AvgIpc) is 2.98. The summed E-state index contributed by atoms with van der Waals surface area (Å²) in [4.78, 5) is 21.8. The number of anilines is 1. The van der Waals surface area contributed by atoms with Gasteiger partial charge in [0, 0.05) is 24.8 Å². The van der Waals surface area contributed by atoms with Gasteiger partial charge < -0.3 is 10.0 Å². The second-order valence-corrected chi connectivity index (χ2v) is 4.87. The van der Waals surface area contributed by atoms with Crippen molar-refractivity contribution in [3.63, 3.8) is 0 Å². The van der Waals surface area contributed by atoms with E-state index in [1.165, 1.54) is 0 Å². The fraction of sp³-hybridized carbons (Fsp3) is 0.267. The van der Waals surface area contributed by atoms with Crippen molar-refractivity contribution >= 4 is 11.8 Å². The fourth-order valence-corrected chi connectivity index (χ4v) is 2.42. The number of carbonyl (C=O) groups is 1. The lowest BCUT2D eigenvalue weighted by atomic mass is 10.1. The van der Waals surface area contributed by atoms with E-state index in [9.17, 15) is 4.79 Å². The predicted molar refractivity (Wildman–Crippen MR) is 75.4 cm³/mol. The van der Waals surface area contributed by atoms with Crippen molar-refractivity contribution in [2.24, 2.45) is 5.92 Å². The maximum atomic E-state index is 11.0. The number of aromatic nitrogens is 2. The Balaban J connectivity index is 1.84. The van der Waals surface area contributed by atoms with Crippen LogP contribution in [0.1, 0.15) is 6.42 Å². The fourth-order valence-electron chi connectivity index (χ4n) is 2.42. The highest BCUT2D eigenvalue weighted by molar-refractivity contribution is 5.72. The molecule has 1 unspecified atom stereocenters. The van der Waals surface area contributed by atoms with E-state index >= 15 is 0 Å². The molecule has 1 saturated heterocycles. The molecule has 2 aromatic rings. The van der Waals surface area contributed by atoms with Crippen molar-refractivity contribution in [1.82, 2.24) is 9.97 Å². The molecule has 1 aromatic carbocycles. The van der Waals surface area contributed by atoms with Gasteiger partial charge in [0.1, 0.15) is 5.82 Å². The van der Waals surface area contributed by atoms with E-state index in [-0.39, 0.29) is 5.92 Å². The molecule has 0 radical (unpaired) electrons. The maximum Gasteiger partial charge on any atom is 0.308 e. The van der Waals surface area contributed by atoms with E-state index < -0.39 is 5.97 Å². The molecule has 102 valence electrons. The highest BCUT2D eigenvalue weighted by atomic mass is 16.4. The lowest BCUT2D eigenvalue weighted by molar-refractivity contribution is -0.140. The normalized spacial score (nSPS) is 18.2. The zero-order valence-corrected chi connectivity index (χ0v) is 10.9. The van der Waals surface area contributed by atoms with Gasteiger partial charge in [0.25, 0.3) is 0 Å². The van der Waals surface area contributed by atoms with Crippen LogP contribution in [0.5, 0.6) is 0 Å². The topological polar surface area (TPSA) is 66.3 Å². The molecule has 5 heteroatoms. The molecule has 1 aromatic heterocycles. The Morgan fingerprint density at radius 2 is 2.05 bits per heavy atom. The molecule has 1 aliphatic heterocycles. The quantitative estimate of drug-likeness (QED) is 0.923. The minimum absolute atomic E-state index is 0.301. The molecule has 0 saturated carbocycles. The first-order chi connectivity index (χ1) is 9.74. The number of carboxylic acids is 1. The van der Waals surface area contributed by atoms with Crippen LogP contribution in [0, 0.1) is 5.92 Å². The van der Waals surface area contributed by atoms with Crippen molar-refractivity contribution in [3.05, 3.63) is 42.6 Å². The van der Waals surface area contributed by atoms with Crippen LogP contribution in [0.4, 0.5) is 5.82 Å². The van der Waals surface area contributed by atoms with Gasteiger partial charge >= 0.3 is 5.97 Å². The van der Waals surface area contributed by atoms with Crippen LogP contribution in [0.15, 0.2) is 42.6 Å². The van der Waals surface area contributed by atoms with Gasteiger partial charge in [-0.25, -0.2) is 9.97 Å². The molecule has 1 N–H and O–H groups in total. The van der Waals surface area contributed by atoms with Crippen molar-refractivity contribution in [1.29, 1.82) is 0 Å². The molecule has 1 atom stereocenters. The van der Waals surface area contributed by atoms with Crippen LogP contribution in [0.3, 0.4) is 0 Å². The molecule has 0 bridgehead atoms. The summed E-state index contributed by atoms with van der Waals surface area (Å²) in [5.74, 6) is 0.430. The van der Waals surface area contributed by atoms with Gasteiger partial charge in [0.15, 0.2) is 5.82 Å². The van der Waals surface area contributed by atoms with E-state index in [0.717, 1.165) is 17.9 Å². The SMILES string of the molecule is O=C(O)C1CCN(c2ccnc(-c3ccccc3)n2)C1. The first-order valence-corrected chi connectivity index (χ1v) is 6.60. The Kier molecular flexibility index (Phi) is 3.33. The van der Waals surface area contributed by atoms with Gasteiger partial charge in [-0.3, -0.25) is 4.79 Å². The molecule has 1 aliphatic rings. The van der Waals surface area contributed by atoms with Crippen molar-refractivity contribution in [2.75, 3.05) is 18.0 Å². The van der Waals surface area contributed by atoms with Crippen LogP contribution in [0.2, 0.25) is 0 Å². The summed E-state index contributed by atoms with van der Waals surface area (Å²) in [6.45, 7) is 1.24. The Morgan fingerprint density at radius 1 is 1.25 bits per heavy atom. The van der Waals surface area contributed by atoms with Crippen LogP contribution in [-0.4, -0.2) is 34.1 Å². The van der Waals surface area contributed by atoms with Crippen LogP contribution in [-0.2, 0) is 4.79 Å². The van der Waals surface area contributed by atoms with Crippen molar-refractivity contribution in [3.8, 4) is 11.4 Å². The molecule has 0 amide bonds. The van der Waals surface area contributed by atoms with Gasteiger partial charge in [0.2, 0.25) is 0 Å². The third-order valence-corrected chi connectivity index (χ3v) is 3.53. The number of rotatable bonds is 3. The van der Waals surface area contributed by atoms with E-state index in [1.54, 1.807) is 6.20 Å². The van der Waals surface area contributed by atoms with Gasteiger partial charge in [-0.1, -0.05) is 30.3 Å². The molecule has 3 rings (SSSR count). The third-order valence-electron chi connectivity index (χ3n) is 3.53. The average molecular weight is 269 g/mol. The minimum atomic E-state index is -0.732. The standard InChI is InChI=1S/C15H15N3O2/c19-15(20)12-7-9-18(10-12)13-6-8-16-14(17-13)11-4-2-1-3-5-11/h1-6,8,12H,7,9-10H2,(H,19,20). The summed E-state index contributed by atoms with van der Waals surface area (Å²) in [6, 6.07) is 11.6. The van der Waals surface area contributed by atoms with Crippen molar-refractivity contribution in [2.45, 2.75) is 6.42 Å². The van der Waals surface area contributed by atoms with E-state index in [1.807, 2.05) is 41.3 Å². The Labute approximate surface area is 116 Å². The van der Waals surface area contributed by atoms with Gasteiger partial charge in [-0.2, -0.15) is 0 Å². The van der Waals surface area contributed by atoms with E-state index in [0.29, 0.717) is 18.8 Å². The smallest absolute Gasteiger partial charge is 0.308 e. The Bertz CT molecular complexity index is 616. The predicted octanol–water partition coefficient (Wildman–Crippen LogP) is 2.05. The number of nitrogens with zero attached hydrogens (tertiary/aromatic N) is 3. The highest BCUT2D eigenvalue weighted by Crippen LogP contribution is 2.24. The number of carboxylic acid groups (broad SMARTS) is 1. The van der Waals surface area contributed by atoms with Gasteiger partial charge in [-0.15, -0.1) is 0 Å². The molecule has 5 nitrogen and oxygen atoms in total. The monoisotopic (exact) mass is 269 g/mol. The summed E-state index contributed by atoms with van der Waals surface area (Å²) in [6.07, 6.45) is 2.39. The number of benzene rings is 1. The lowest BCUT2D eigenvalue weighted by Gasteiger charge is -2.17. The zero-order valence-electron chi connectivity index (χ0n) is 10.9.